The minimum atomic E-state index is -4.27. The van der Waals surface area contributed by atoms with E-state index in [1.165, 1.54) is 67.7 Å². The Kier molecular flexibility index (Phi) is 7.39. The quantitative estimate of drug-likeness (QED) is 0.138. The van der Waals surface area contributed by atoms with Gasteiger partial charge >= 0.3 is 6.18 Å². The van der Waals surface area contributed by atoms with E-state index < -0.39 is 11.6 Å². The van der Waals surface area contributed by atoms with Gasteiger partial charge in [0.2, 0.25) is 5.69 Å². The van der Waals surface area contributed by atoms with Gasteiger partial charge in [-0.05, 0) is 87.4 Å². The zero-order chi connectivity index (χ0) is 31.9. The molecule has 5 heteroatoms. The van der Waals surface area contributed by atoms with E-state index in [4.69, 9.17) is 0 Å². The summed E-state index contributed by atoms with van der Waals surface area (Å²) in [6.07, 6.45) is -0.197. The Morgan fingerprint density at radius 1 is 0.795 bits per heavy atom. The summed E-state index contributed by atoms with van der Waals surface area (Å²) in [6.45, 7) is 16.3. The molecular formula is C39H43F3NS+. The summed E-state index contributed by atoms with van der Waals surface area (Å²) in [4.78, 5) is 2.54. The average molecular weight is 615 g/mol. The number of benzene rings is 4. The molecule has 0 unspecified atom stereocenters. The highest BCUT2D eigenvalue weighted by atomic mass is 32.2. The van der Waals surface area contributed by atoms with Gasteiger partial charge < -0.3 is 0 Å². The fourth-order valence-corrected chi connectivity index (χ4v) is 8.33. The van der Waals surface area contributed by atoms with Gasteiger partial charge in [0.25, 0.3) is 0 Å². The van der Waals surface area contributed by atoms with Crippen LogP contribution in [0.4, 0.5) is 13.2 Å². The fraction of sp³-hybridized carbons (Fsp3) is 0.410. The predicted molar refractivity (Wildman–Crippen MR) is 180 cm³/mol. The van der Waals surface area contributed by atoms with Gasteiger partial charge in [-0.1, -0.05) is 96.6 Å². The first kappa shape index (κ1) is 31.0. The van der Waals surface area contributed by atoms with Crippen LogP contribution in [0.5, 0.6) is 0 Å². The van der Waals surface area contributed by atoms with E-state index in [0.29, 0.717) is 11.5 Å². The summed E-state index contributed by atoms with van der Waals surface area (Å²) in [5.74, 6) is 0.577. The van der Waals surface area contributed by atoms with Gasteiger partial charge in [0.15, 0.2) is 6.20 Å². The molecule has 1 nitrogen and oxygen atoms in total. The van der Waals surface area contributed by atoms with Crippen LogP contribution in [0.1, 0.15) is 70.7 Å². The van der Waals surface area contributed by atoms with E-state index in [9.17, 15) is 13.2 Å². The van der Waals surface area contributed by atoms with Crippen molar-refractivity contribution in [2.45, 2.75) is 90.6 Å². The lowest BCUT2D eigenvalue weighted by Gasteiger charge is -2.29. The SMILES string of the molecule is Cc1c2c(c(CC(C)(C)C)c3ccc(CC(C)C)cc13)Sc1cc3ccc(CC(C)(C)C(F)(F)F)cc3c3cc[n+](C)c-2c13. The minimum Gasteiger partial charge on any atom is -0.200 e. The van der Waals surface area contributed by atoms with Gasteiger partial charge in [0, 0.05) is 21.2 Å². The average Bonchev–Trinajstić information content (AvgIpc) is 2.90. The van der Waals surface area contributed by atoms with Gasteiger partial charge in [-0.15, -0.1) is 0 Å². The Hall–Kier alpha value is -3.05. The number of fused-ring (bicyclic) bond motifs is 5. The number of hydrogen-bond donors (Lipinski definition) is 0. The second-order valence-corrected chi connectivity index (χ2v) is 16.2. The highest BCUT2D eigenvalue weighted by molar-refractivity contribution is 8.00. The summed E-state index contributed by atoms with van der Waals surface area (Å²) in [7, 11) is 2.12. The number of halogens is 3. The number of rotatable bonds is 5. The van der Waals surface area contributed by atoms with Crippen LogP contribution in [-0.4, -0.2) is 6.18 Å². The molecule has 0 atom stereocenters. The van der Waals surface area contributed by atoms with Gasteiger partial charge in [-0.3, -0.25) is 0 Å². The van der Waals surface area contributed by atoms with E-state index in [1.807, 2.05) is 30.0 Å². The van der Waals surface area contributed by atoms with Gasteiger partial charge in [-0.25, -0.2) is 4.57 Å². The number of aromatic nitrogens is 1. The molecule has 0 N–H and O–H groups in total. The van der Waals surface area contributed by atoms with Crippen LogP contribution in [-0.2, 0) is 26.3 Å². The molecule has 0 radical (unpaired) electrons. The third kappa shape index (κ3) is 5.29. The van der Waals surface area contributed by atoms with Crippen molar-refractivity contribution < 1.29 is 17.7 Å². The molecule has 4 aromatic carbocycles. The maximum Gasteiger partial charge on any atom is 0.394 e. The van der Waals surface area contributed by atoms with Crippen LogP contribution < -0.4 is 4.57 Å². The van der Waals surface area contributed by atoms with Gasteiger partial charge in [-0.2, -0.15) is 13.2 Å². The van der Waals surface area contributed by atoms with Crippen molar-refractivity contribution in [3.63, 3.8) is 0 Å². The summed E-state index contributed by atoms with van der Waals surface area (Å²) in [5.41, 5.74) is 5.55. The topological polar surface area (TPSA) is 3.88 Å². The van der Waals surface area contributed by atoms with Crippen LogP contribution >= 0.6 is 11.8 Å². The molecule has 0 saturated heterocycles. The third-order valence-corrected chi connectivity index (χ3v) is 10.4. The molecule has 0 bridgehead atoms. The predicted octanol–water partition coefficient (Wildman–Crippen LogP) is 11.3. The van der Waals surface area contributed by atoms with Crippen LogP contribution in [0.15, 0.2) is 64.5 Å². The third-order valence-electron chi connectivity index (χ3n) is 9.17. The molecular weight excluding hydrogens is 571 g/mol. The Labute approximate surface area is 263 Å². The smallest absolute Gasteiger partial charge is 0.200 e. The molecule has 230 valence electrons. The standard InChI is InChI=1S/C39H43F3NS/c1-22(2)16-24-11-13-27-29(17-24)23(3)33-35-34-28(14-15-43(35)9)30-18-25(20-38(7,8)39(40,41)42)10-12-26(30)19-32(34)44-36(33)31(27)21-37(4,5)6/h10-15,17-19,22H,16,20-21H2,1-9H3/q+1. The highest BCUT2D eigenvalue weighted by Gasteiger charge is 2.47. The Balaban J connectivity index is 1.66. The number of aryl methyl sites for hydroxylation is 2. The second kappa shape index (κ2) is 10.5. The molecule has 0 fully saturated rings. The normalized spacial score (nSPS) is 13.8. The van der Waals surface area contributed by atoms with E-state index in [-0.39, 0.29) is 11.8 Å². The number of alkyl halides is 3. The lowest BCUT2D eigenvalue weighted by atomic mass is 9.82. The Morgan fingerprint density at radius 2 is 1.48 bits per heavy atom. The number of nitrogens with zero attached hydrogens (tertiary/aromatic N) is 1. The molecule has 0 amide bonds. The first-order valence-electron chi connectivity index (χ1n) is 15.7. The van der Waals surface area contributed by atoms with Crippen LogP contribution in [0.3, 0.4) is 0 Å². The Bertz CT molecular complexity index is 1960. The lowest BCUT2D eigenvalue weighted by molar-refractivity contribution is -0.659. The zero-order valence-corrected chi connectivity index (χ0v) is 28.2. The number of hydrogen-bond acceptors (Lipinski definition) is 1. The largest absolute Gasteiger partial charge is 0.394 e. The summed E-state index contributed by atoms with van der Waals surface area (Å²) in [5, 5.41) is 7.02. The van der Waals surface area contributed by atoms with E-state index in [0.717, 1.165) is 29.0 Å². The monoisotopic (exact) mass is 614 g/mol. The molecule has 0 saturated carbocycles. The van der Waals surface area contributed by atoms with Crippen LogP contribution in [0.2, 0.25) is 0 Å². The van der Waals surface area contributed by atoms with Crippen LogP contribution in [0.25, 0.3) is 43.6 Å². The Morgan fingerprint density at radius 3 is 2.14 bits per heavy atom. The van der Waals surface area contributed by atoms with Crippen molar-refractivity contribution in [3.8, 4) is 11.3 Å². The molecule has 1 aromatic heterocycles. The zero-order valence-electron chi connectivity index (χ0n) is 27.4. The maximum atomic E-state index is 13.8. The highest BCUT2D eigenvalue weighted by Crippen LogP contribution is 2.53. The second-order valence-electron chi connectivity index (χ2n) is 15.2. The van der Waals surface area contributed by atoms with E-state index >= 15 is 0 Å². The minimum absolute atomic E-state index is 0.0549. The number of pyridine rings is 1. The van der Waals surface area contributed by atoms with Gasteiger partial charge in [0.05, 0.1) is 16.4 Å². The first-order valence-corrected chi connectivity index (χ1v) is 16.5. The van der Waals surface area contributed by atoms with Crippen molar-refractivity contribution in [2.75, 3.05) is 0 Å². The molecule has 2 heterocycles. The molecule has 0 aliphatic carbocycles. The summed E-state index contributed by atoms with van der Waals surface area (Å²) < 4.78 is 43.6. The first-order chi connectivity index (χ1) is 20.4. The van der Waals surface area contributed by atoms with E-state index in [2.05, 4.69) is 89.7 Å². The molecule has 6 rings (SSSR count). The maximum absolute atomic E-state index is 13.8. The van der Waals surface area contributed by atoms with E-state index in [1.54, 1.807) is 0 Å². The summed E-state index contributed by atoms with van der Waals surface area (Å²) >= 11 is 1.87. The van der Waals surface area contributed by atoms with Gasteiger partial charge in [0.1, 0.15) is 7.05 Å². The van der Waals surface area contributed by atoms with Crippen molar-refractivity contribution in [2.24, 2.45) is 23.8 Å². The van der Waals surface area contributed by atoms with Crippen molar-refractivity contribution in [3.05, 3.63) is 77.0 Å². The fourth-order valence-electron chi connectivity index (χ4n) is 6.96. The van der Waals surface area contributed by atoms with Crippen LogP contribution in [0, 0.1) is 23.7 Å². The van der Waals surface area contributed by atoms with Crippen molar-refractivity contribution in [1.29, 1.82) is 0 Å². The molecule has 1 aliphatic rings. The molecule has 5 aromatic rings. The molecule has 0 spiro atoms. The van der Waals surface area contributed by atoms with Crippen molar-refractivity contribution >= 4 is 44.1 Å². The molecule has 1 aliphatic heterocycles. The summed E-state index contributed by atoms with van der Waals surface area (Å²) in [6, 6.07) is 17.3. The lowest BCUT2D eigenvalue weighted by Crippen LogP contribution is -2.34. The van der Waals surface area contributed by atoms with Crippen molar-refractivity contribution in [1.82, 2.24) is 0 Å². The molecule has 44 heavy (non-hydrogen) atoms.